The molecule has 0 bridgehead atoms. The Bertz CT molecular complexity index is 862. The predicted octanol–water partition coefficient (Wildman–Crippen LogP) is 1.48. The summed E-state index contributed by atoms with van der Waals surface area (Å²) in [5.41, 5.74) is 0.797. The molecule has 1 aromatic carbocycles. The molecular weight excluding hydrogens is 299 g/mol. The molecule has 0 aliphatic heterocycles. The number of anilines is 1. The summed E-state index contributed by atoms with van der Waals surface area (Å²) < 4.78 is 15.4. The minimum atomic E-state index is -0.460. The number of hydrogen-bond donors (Lipinski definition) is 2. The Kier molecular flexibility index (Phi) is 3.88. The summed E-state index contributed by atoms with van der Waals surface area (Å²) in [6.07, 6.45) is 0. The lowest BCUT2D eigenvalue weighted by Gasteiger charge is -2.12. The first-order chi connectivity index (χ1) is 11.1. The van der Waals surface area contributed by atoms with E-state index in [0.717, 1.165) is 0 Å². The molecule has 0 radical (unpaired) electrons. The molecule has 1 atom stereocenters. The molecule has 0 aliphatic carbocycles. The summed E-state index contributed by atoms with van der Waals surface area (Å²) in [5.74, 6) is 0.200. The Morgan fingerprint density at radius 2 is 2.00 bits per heavy atom. The van der Waals surface area contributed by atoms with Gasteiger partial charge in [-0.15, -0.1) is 15.3 Å². The van der Waals surface area contributed by atoms with E-state index in [2.05, 4.69) is 25.9 Å². The standard InChI is InChI=1S/C15H15FN6O/c1-9(15(23)17-2)18-12-7-8-13-19-20-14(22(13)21-12)10-5-3-4-6-11(10)16/h3-9H,1-2H3,(H,17,23)(H,18,21)/t9-/m1/s1. The number of rotatable bonds is 4. The minimum Gasteiger partial charge on any atom is -0.357 e. The molecule has 0 spiro atoms. The van der Waals surface area contributed by atoms with Crippen LogP contribution in [0.5, 0.6) is 0 Å². The van der Waals surface area contributed by atoms with Gasteiger partial charge in [-0.3, -0.25) is 4.79 Å². The van der Waals surface area contributed by atoms with Crippen molar-refractivity contribution in [2.45, 2.75) is 13.0 Å². The molecule has 3 rings (SSSR count). The molecule has 0 fully saturated rings. The second-order valence-electron chi connectivity index (χ2n) is 4.97. The monoisotopic (exact) mass is 314 g/mol. The highest BCUT2D eigenvalue weighted by Crippen LogP contribution is 2.21. The Labute approximate surface area is 131 Å². The molecule has 2 heterocycles. The molecule has 0 saturated carbocycles. The van der Waals surface area contributed by atoms with Crippen LogP contribution in [0.15, 0.2) is 36.4 Å². The van der Waals surface area contributed by atoms with Crippen LogP contribution < -0.4 is 10.6 Å². The summed E-state index contributed by atoms with van der Waals surface area (Å²) in [6.45, 7) is 1.72. The van der Waals surface area contributed by atoms with Crippen LogP contribution in [0.2, 0.25) is 0 Å². The van der Waals surface area contributed by atoms with Crippen molar-refractivity contribution in [1.29, 1.82) is 0 Å². The van der Waals surface area contributed by atoms with Gasteiger partial charge in [-0.25, -0.2) is 4.39 Å². The Hall–Kier alpha value is -3.03. The fraction of sp³-hybridized carbons (Fsp3) is 0.200. The number of carbonyl (C=O) groups is 1. The van der Waals surface area contributed by atoms with E-state index in [1.165, 1.54) is 10.6 Å². The van der Waals surface area contributed by atoms with Crippen molar-refractivity contribution in [3.05, 3.63) is 42.2 Å². The van der Waals surface area contributed by atoms with Gasteiger partial charge in [-0.05, 0) is 31.2 Å². The van der Waals surface area contributed by atoms with Crippen molar-refractivity contribution < 1.29 is 9.18 Å². The van der Waals surface area contributed by atoms with Crippen molar-refractivity contribution in [3.8, 4) is 11.4 Å². The lowest BCUT2D eigenvalue weighted by atomic mass is 10.2. The number of halogens is 1. The van der Waals surface area contributed by atoms with Crippen molar-refractivity contribution in [1.82, 2.24) is 25.1 Å². The van der Waals surface area contributed by atoms with Crippen LogP contribution in [0.1, 0.15) is 6.92 Å². The normalized spacial score (nSPS) is 12.1. The predicted molar refractivity (Wildman–Crippen MR) is 83.3 cm³/mol. The van der Waals surface area contributed by atoms with E-state index >= 15 is 0 Å². The van der Waals surface area contributed by atoms with Gasteiger partial charge in [0.15, 0.2) is 11.5 Å². The Balaban J connectivity index is 2.01. The lowest BCUT2D eigenvalue weighted by Crippen LogP contribution is -2.35. The number of likely N-dealkylation sites (N-methyl/N-ethyl adjacent to an activating group) is 1. The maximum atomic E-state index is 14.0. The van der Waals surface area contributed by atoms with Gasteiger partial charge < -0.3 is 10.6 Å². The number of hydrogen-bond acceptors (Lipinski definition) is 5. The summed E-state index contributed by atoms with van der Waals surface area (Å²) in [5, 5.41) is 17.9. The topological polar surface area (TPSA) is 84.2 Å². The third kappa shape index (κ3) is 2.83. The van der Waals surface area contributed by atoms with E-state index in [1.54, 1.807) is 44.3 Å². The molecule has 0 saturated heterocycles. The van der Waals surface area contributed by atoms with E-state index in [9.17, 15) is 9.18 Å². The van der Waals surface area contributed by atoms with Crippen LogP contribution in [0.4, 0.5) is 10.2 Å². The van der Waals surface area contributed by atoms with Crippen LogP contribution in [-0.2, 0) is 4.79 Å². The number of aromatic nitrogens is 4. The number of nitrogens with one attached hydrogen (secondary N) is 2. The third-order valence-corrected chi connectivity index (χ3v) is 3.38. The smallest absolute Gasteiger partial charge is 0.241 e. The lowest BCUT2D eigenvalue weighted by molar-refractivity contribution is -0.121. The molecule has 2 aromatic heterocycles. The van der Waals surface area contributed by atoms with Gasteiger partial charge in [0.1, 0.15) is 17.7 Å². The quantitative estimate of drug-likeness (QED) is 0.762. The number of carbonyl (C=O) groups excluding carboxylic acids is 1. The maximum absolute atomic E-state index is 14.0. The van der Waals surface area contributed by atoms with E-state index in [1.807, 2.05) is 0 Å². The van der Waals surface area contributed by atoms with Crippen molar-refractivity contribution in [3.63, 3.8) is 0 Å². The van der Waals surface area contributed by atoms with E-state index in [0.29, 0.717) is 22.9 Å². The van der Waals surface area contributed by atoms with Gasteiger partial charge in [0.05, 0.1) is 5.56 Å². The molecule has 0 unspecified atom stereocenters. The first-order valence-corrected chi connectivity index (χ1v) is 7.05. The van der Waals surface area contributed by atoms with Crippen LogP contribution in [0.25, 0.3) is 17.0 Å². The highest BCUT2D eigenvalue weighted by Gasteiger charge is 2.15. The zero-order chi connectivity index (χ0) is 16.4. The molecule has 0 aliphatic rings. The first kappa shape index (κ1) is 14.9. The fourth-order valence-corrected chi connectivity index (χ4v) is 2.18. The molecule has 2 N–H and O–H groups in total. The maximum Gasteiger partial charge on any atom is 0.241 e. The van der Waals surface area contributed by atoms with Crippen molar-refractivity contribution in [2.24, 2.45) is 0 Å². The molecule has 1 amide bonds. The summed E-state index contributed by atoms with van der Waals surface area (Å²) in [4.78, 5) is 11.6. The van der Waals surface area contributed by atoms with Gasteiger partial charge in [0, 0.05) is 7.05 Å². The van der Waals surface area contributed by atoms with E-state index < -0.39 is 11.9 Å². The van der Waals surface area contributed by atoms with Crippen molar-refractivity contribution >= 4 is 17.4 Å². The van der Waals surface area contributed by atoms with Crippen molar-refractivity contribution in [2.75, 3.05) is 12.4 Å². The Morgan fingerprint density at radius 3 is 2.74 bits per heavy atom. The largest absolute Gasteiger partial charge is 0.357 e. The second kappa shape index (κ2) is 5.99. The summed E-state index contributed by atoms with van der Waals surface area (Å²) in [6, 6.07) is 9.21. The Morgan fingerprint density at radius 1 is 1.22 bits per heavy atom. The minimum absolute atomic E-state index is 0.162. The number of nitrogens with zero attached hydrogens (tertiary/aromatic N) is 4. The molecule has 118 valence electrons. The van der Waals surface area contributed by atoms with Crippen LogP contribution in [0.3, 0.4) is 0 Å². The highest BCUT2D eigenvalue weighted by atomic mass is 19.1. The number of benzene rings is 1. The number of amides is 1. The zero-order valence-corrected chi connectivity index (χ0v) is 12.6. The number of fused-ring (bicyclic) bond motifs is 1. The van der Waals surface area contributed by atoms with Crippen LogP contribution in [0, 0.1) is 5.82 Å². The first-order valence-electron chi connectivity index (χ1n) is 7.05. The van der Waals surface area contributed by atoms with E-state index in [-0.39, 0.29) is 5.91 Å². The molecule has 3 aromatic rings. The van der Waals surface area contributed by atoms with Gasteiger partial charge in [0.2, 0.25) is 5.91 Å². The SMILES string of the molecule is CNC(=O)[C@@H](C)Nc1ccc2nnc(-c3ccccc3F)n2n1. The van der Waals surface area contributed by atoms with Gasteiger partial charge >= 0.3 is 0 Å². The highest BCUT2D eigenvalue weighted by molar-refractivity contribution is 5.83. The van der Waals surface area contributed by atoms with Gasteiger partial charge in [-0.2, -0.15) is 4.52 Å². The second-order valence-corrected chi connectivity index (χ2v) is 4.97. The van der Waals surface area contributed by atoms with Crippen LogP contribution in [-0.4, -0.2) is 38.8 Å². The molecule has 8 heteroatoms. The molecular formula is C15H15FN6O. The fourth-order valence-electron chi connectivity index (χ4n) is 2.18. The average molecular weight is 314 g/mol. The van der Waals surface area contributed by atoms with E-state index in [4.69, 9.17) is 0 Å². The van der Waals surface area contributed by atoms with Gasteiger partial charge in [0.25, 0.3) is 0 Å². The molecule has 23 heavy (non-hydrogen) atoms. The average Bonchev–Trinajstić information content (AvgIpc) is 2.97. The van der Waals surface area contributed by atoms with Crippen LogP contribution >= 0.6 is 0 Å². The molecule has 7 nitrogen and oxygen atoms in total. The van der Waals surface area contributed by atoms with Gasteiger partial charge in [-0.1, -0.05) is 12.1 Å². The summed E-state index contributed by atoms with van der Waals surface area (Å²) >= 11 is 0. The summed E-state index contributed by atoms with van der Waals surface area (Å²) in [7, 11) is 1.56. The third-order valence-electron chi connectivity index (χ3n) is 3.38. The zero-order valence-electron chi connectivity index (χ0n) is 12.6.